The third-order valence-electron chi connectivity index (χ3n) is 6.77. The molecule has 1 saturated heterocycles. The zero-order valence-electron chi connectivity index (χ0n) is 21.0. The summed E-state index contributed by atoms with van der Waals surface area (Å²) in [7, 11) is 0. The van der Waals surface area contributed by atoms with E-state index >= 15 is 0 Å². The van der Waals surface area contributed by atoms with Gasteiger partial charge < -0.3 is 14.6 Å². The van der Waals surface area contributed by atoms with Crippen molar-refractivity contribution in [1.29, 1.82) is 0 Å². The molecule has 0 saturated carbocycles. The molecule has 37 heavy (non-hydrogen) atoms. The summed E-state index contributed by atoms with van der Waals surface area (Å²) < 4.78 is 12.6. The summed E-state index contributed by atoms with van der Waals surface area (Å²) in [5.74, 6) is 0.304. The molecular formula is C33H34O3S. The van der Waals surface area contributed by atoms with Gasteiger partial charge in [0.05, 0.1) is 25.9 Å². The van der Waals surface area contributed by atoms with Crippen LogP contribution in [0.15, 0.2) is 109 Å². The predicted molar refractivity (Wildman–Crippen MR) is 152 cm³/mol. The second-order valence-electron chi connectivity index (χ2n) is 9.73. The summed E-state index contributed by atoms with van der Waals surface area (Å²) in [5.41, 5.74) is 6.25. The summed E-state index contributed by atoms with van der Waals surface area (Å²) in [4.78, 5) is 0. The molecule has 5 rings (SSSR count). The molecule has 0 radical (unpaired) electrons. The molecule has 0 aliphatic carbocycles. The first-order valence-electron chi connectivity index (χ1n) is 13.0. The molecular weight excluding hydrogens is 476 g/mol. The maximum Gasteiger partial charge on any atom is 0.115 e. The van der Waals surface area contributed by atoms with Crippen molar-refractivity contribution in [2.24, 2.45) is 0 Å². The fourth-order valence-corrected chi connectivity index (χ4v) is 6.45. The summed E-state index contributed by atoms with van der Waals surface area (Å²) in [6, 6.07) is 37.2. The van der Waals surface area contributed by atoms with Gasteiger partial charge in [-0.2, -0.15) is 0 Å². The van der Waals surface area contributed by atoms with Crippen LogP contribution >= 0.6 is 11.8 Å². The van der Waals surface area contributed by atoms with Gasteiger partial charge in [0.25, 0.3) is 0 Å². The van der Waals surface area contributed by atoms with Gasteiger partial charge in [-0.15, -0.1) is 11.8 Å². The Morgan fingerprint density at radius 2 is 1.35 bits per heavy atom. The van der Waals surface area contributed by atoms with E-state index in [9.17, 15) is 5.11 Å². The maximum absolute atomic E-state index is 9.60. The lowest BCUT2D eigenvalue weighted by atomic mass is 9.98. The molecule has 0 spiro atoms. The van der Waals surface area contributed by atoms with Crippen molar-refractivity contribution in [3.05, 3.63) is 137 Å². The lowest BCUT2D eigenvalue weighted by molar-refractivity contribution is 0.0180. The third-order valence-corrected chi connectivity index (χ3v) is 8.28. The zero-order valence-corrected chi connectivity index (χ0v) is 21.9. The van der Waals surface area contributed by atoms with Crippen LogP contribution in [0.1, 0.15) is 45.9 Å². The standard InChI is InChI=1S/C33H34O3S/c34-30-16-14-25(15-17-30)18-28-12-7-13-29(19-28)33-21-31(36-23-27-10-5-2-6-11-27)20-32(37-33)24-35-22-26-8-3-1-4-9-26/h1-17,19,31-34H,18,20-24H2. The summed E-state index contributed by atoms with van der Waals surface area (Å²) in [6.07, 6.45) is 3.03. The first kappa shape index (κ1) is 25.6. The van der Waals surface area contributed by atoms with E-state index < -0.39 is 0 Å². The quantitative estimate of drug-likeness (QED) is 0.237. The zero-order chi connectivity index (χ0) is 25.3. The van der Waals surface area contributed by atoms with Gasteiger partial charge in [0, 0.05) is 10.5 Å². The Labute approximate surface area is 224 Å². The fourth-order valence-electron chi connectivity index (χ4n) is 4.85. The van der Waals surface area contributed by atoms with Crippen molar-refractivity contribution in [3.8, 4) is 5.75 Å². The van der Waals surface area contributed by atoms with Gasteiger partial charge in [0.1, 0.15) is 5.75 Å². The van der Waals surface area contributed by atoms with Crippen LogP contribution in [0.5, 0.6) is 5.75 Å². The first-order chi connectivity index (χ1) is 18.2. The number of thioether (sulfide) groups is 1. The maximum atomic E-state index is 9.60. The largest absolute Gasteiger partial charge is 0.508 e. The molecule has 3 unspecified atom stereocenters. The first-order valence-corrected chi connectivity index (χ1v) is 13.9. The second kappa shape index (κ2) is 13.0. The second-order valence-corrected chi connectivity index (χ2v) is 11.2. The monoisotopic (exact) mass is 510 g/mol. The molecule has 1 aliphatic rings. The molecule has 0 amide bonds. The normalized spacial score (nSPS) is 19.5. The van der Waals surface area contributed by atoms with Crippen molar-refractivity contribution in [1.82, 2.24) is 0 Å². The molecule has 1 heterocycles. The van der Waals surface area contributed by atoms with Crippen molar-refractivity contribution in [2.45, 2.75) is 49.1 Å². The molecule has 4 aromatic carbocycles. The fraction of sp³-hybridized carbons (Fsp3) is 0.273. The average molecular weight is 511 g/mol. The Bertz CT molecular complexity index is 1230. The van der Waals surface area contributed by atoms with Gasteiger partial charge in [-0.1, -0.05) is 97.1 Å². The molecule has 3 nitrogen and oxygen atoms in total. The lowest BCUT2D eigenvalue weighted by Crippen LogP contribution is -2.30. The molecule has 1 N–H and O–H groups in total. The lowest BCUT2D eigenvalue weighted by Gasteiger charge is -2.35. The van der Waals surface area contributed by atoms with Crippen LogP contribution in [0.4, 0.5) is 0 Å². The van der Waals surface area contributed by atoms with E-state index in [2.05, 4.69) is 72.8 Å². The molecule has 4 heteroatoms. The van der Waals surface area contributed by atoms with E-state index in [0.29, 0.717) is 36.1 Å². The summed E-state index contributed by atoms with van der Waals surface area (Å²) in [6.45, 7) is 2.00. The number of hydrogen-bond donors (Lipinski definition) is 1. The van der Waals surface area contributed by atoms with E-state index in [0.717, 1.165) is 19.3 Å². The number of ether oxygens (including phenoxy) is 2. The summed E-state index contributed by atoms with van der Waals surface area (Å²) >= 11 is 2.02. The van der Waals surface area contributed by atoms with Crippen LogP contribution in [0.25, 0.3) is 0 Å². The van der Waals surface area contributed by atoms with E-state index in [1.54, 1.807) is 12.1 Å². The Balaban J connectivity index is 1.26. The Morgan fingerprint density at radius 1 is 0.676 bits per heavy atom. The smallest absolute Gasteiger partial charge is 0.115 e. The highest BCUT2D eigenvalue weighted by atomic mass is 32.2. The number of rotatable bonds is 10. The van der Waals surface area contributed by atoms with Crippen LogP contribution < -0.4 is 0 Å². The van der Waals surface area contributed by atoms with Crippen LogP contribution in [-0.4, -0.2) is 23.1 Å². The minimum absolute atomic E-state index is 0.192. The van der Waals surface area contributed by atoms with E-state index in [-0.39, 0.29) is 6.10 Å². The van der Waals surface area contributed by atoms with Crippen molar-refractivity contribution >= 4 is 11.8 Å². The Kier molecular flexibility index (Phi) is 8.96. The highest BCUT2D eigenvalue weighted by molar-refractivity contribution is 8.00. The molecule has 1 aliphatic heterocycles. The number of phenols is 1. The Morgan fingerprint density at radius 3 is 2.08 bits per heavy atom. The topological polar surface area (TPSA) is 38.7 Å². The number of phenolic OH excluding ortho intramolecular Hbond substituents is 1. The van der Waals surface area contributed by atoms with Gasteiger partial charge in [-0.25, -0.2) is 0 Å². The van der Waals surface area contributed by atoms with Crippen LogP contribution in [0, 0.1) is 0 Å². The molecule has 0 bridgehead atoms. The average Bonchev–Trinajstić information content (AvgIpc) is 2.94. The number of hydrogen-bond acceptors (Lipinski definition) is 4. The van der Waals surface area contributed by atoms with Crippen LogP contribution in [-0.2, 0) is 29.1 Å². The van der Waals surface area contributed by atoms with Crippen molar-refractivity contribution in [3.63, 3.8) is 0 Å². The van der Waals surface area contributed by atoms with Gasteiger partial charge in [0.15, 0.2) is 0 Å². The van der Waals surface area contributed by atoms with Gasteiger partial charge in [-0.05, 0) is 59.2 Å². The number of benzene rings is 4. The summed E-state index contributed by atoms with van der Waals surface area (Å²) in [5, 5.41) is 10.3. The van der Waals surface area contributed by atoms with Gasteiger partial charge in [0.2, 0.25) is 0 Å². The Hall–Kier alpha value is -3.05. The molecule has 1 fully saturated rings. The van der Waals surface area contributed by atoms with Gasteiger partial charge in [-0.3, -0.25) is 0 Å². The third kappa shape index (κ3) is 7.72. The predicted octanol–water partition coefficient (Wildman–Crippen LogP) is 7.72. The van der Waals surface area contributed by atoms with Crippen LogP contribution in [0.3, 0.4) is 0 Å². The van der Waals surface area contributed by atoms with Crippen molar-refractivity contribution in [2.75, 3.05) is 6.61 Å². The minimum Gasteiger partial charge on any atom is -0.508 e. The van der Waals surface area contributed by atoms with Gasteiger partial charge >= 0.3 is 0 Å². The van der Waals surface area contributed by atoms with Crippen LogP contribution in [0.2, 0.25) is 0 Å². The molecule has 4 aromatic rings. The molecule has 190 valence electrons. The van der Waals surface area contributed by atoms with E-state index in [1.165, 1.54) is 27.8 Å². The van der Waals surface area contributed by atoms with Crippen molar-refractivity contribution < 1.29 is 14.6 Å². The number of aromatic hydroxyl groups is 1. The SMILES string of the molecule is Oc1ccc(Cc2cccc(C3CC(OCc4ccccc4)CC(COCc4ccccc4)S3)c2)cc1. The molecule has 3 atom stereocenters. The highest BCUT2D eigenvalue weighted by Crippen LogP contribution is 2.44. The molecule has 0 aromatic heterocycles. The minimum atomic E-state index is 0.192. The van der Waals surface area contributed by atoms with E-state index in [4.69, 9.17) is 9.47 Å². The highest BCUT2D eigenvalue weighted by Gasteiger charge is 2.31. The van der Waals surface area contributed by atoms with E-state index in [1.807, 2.05) is 36.0 Å².